The number of piperazine rings is 1. The van der Waals surface area contributed by atoms with E-state index in [1.807, 2.05) is 0 Å². The quantitative estimate of drug-likeness (QED) is 0.436. The summed E-state index contributed by atoms with van der Waals surface area (Å²) in [6.07, 6.45) is 1.15. The van der Waals surface area contributed by atoms with Crippen LogP contribution in [0.2, 0.25) is 0 Å². The van der Waals surface area contributed by atoms with Crippen molar-refractivity contribution in [2.75, 3.05) is 52.4 Å². The Kier molecular flexibility index (Phi) is 7.38. The zero-order chi connectivity index (χ0) is 15.0. The Morgan fingerprint density at radius 1 is 1.20 bits per heavy atom. The second kappa shape index (κ2) is 8.53. The third-order valence-corrected chi connectivity index (χ3v) is 3.58. The Bertz CT molecular complexity index is 393. The maximum absolute atomic E-state index is 11.2. The van der Waals surface area contributed by atoms with E-state index < -0.39 is 22.8 Å². The molecule has 2 N–H and O–H groups in total. The van der Waals surface area contributed by atoms with Gasteiger partial charge in [0.1, 0.15) is 13.2 Å². The zero-order valence-corrected chi connectivity index (χ0v) is 12.6. The lowest BCUT2D eigenvalue weighted by atomic mass is 10.3. The molecular weight excluding hydrogens is 286 g/mol. The van der Waals surface area contributed by atoms with Crippen molar-refractivity contribution in [3.8, 4) is 0 Å². The van der Waals surface area contributed by atoms with Gasteiger partial charge < -0.3 is 9.64 Å². The smallest absolute Gasteiger partial charge is 0.333 e. The first kappa shape index (κ1) is 17.3. The number of nitrogens with one attached hydrogen (secondary N) is 1. The molecule has 1 fully saturated rings. The van der Waals surface area contributed by atoms with Crippen LogP contribution in [0.25, 0.3) is 0 Å². The maximum Gasteiger partial charge on any atom is 0.333 e. The molecule has 0 aromatic carbocycles. The van der Waals surface area contributed by atoms with Gasteiger partial charge in [-0.1, -0.05) is 6.92 Å². The minimum Gasteiger partial charge on any atom is -0.463 e. The number of carbonyl (C=O) groups excluding carboxylic acids is 1. The van der Waals surface area contributed by atoms with Crippen LogP contribution in [0.5, 0.6) is 0 Å². The molecule has 1 heterocycles. The molecule has 0 bridgehead atoms. The Morgan fingerprint density at radius 2 is 1.75 bits per heavy atom. The molecule has 118 valence electrons. The van der Waals surface area contributed by atoms with Gasteiger partial charge in [-0.15, -0.1) is 0 Å². The van der Waals surface area contributed by atoms with Gasteiger partial charge >= 0.3 is 16.3 Å². The highest BCUT2D eigenvalue weighted by molar-refractivity contribution is 7.83. The highest BCUT2D eigenvalue weighted by atomic mass is 32.2. The van der Waals surface area contributed by atoms with E-state index in [0.29, 0.717) is 6.54 Å². The second-order valence-electron chi connectivity index (χ2n) is 4.70. The third kappa shape index (κ3) is 7.75. The fourth-order valence-corrected chi connectivity index (χ4v) is 2.34. The summed E-state index contributed by atoms with van der Waals surface area (Å²) in [5.41, 5.74) is 0. The molecule has 0 aromatic rings. The fourth-order valence-electron chi connectivity index (χ4n) is 2.04. The van der Waals surface area contributed by atoms with E-state index in [1.165, 1.54) is 0 Å². The van der Waals surface area contributed by atoms with Crippen LogP contribution in [-0.2, 0) is 19.8 Å². The largest absolute Gasteiger partial charge is 0.463 e. The number of hydrogen-bond donors (Lipinski definition) is 2. The highest BCUT2D eigenvalue weighted by Gasteiger charge is 2.16. The summed E-state index contributed by atoms with van der Waals surface area (Å²) in [5, 5.41) is 0. The van der Waals surface area contributed by atoms with Gasteiger partial charge in [-0.2, -0.15) is 13.1 Å². The number of esters is 1. The molecule has 1 aliphatic heterocycles. The lowest BCUT2D eigenvalue weighted by Gasteiger charge is -2.34. The van der Waals surface area contributed by atoms with Crippen molar-refractivity contribution in [3.05, 3.63) is 0 Å². The fraction of sp³-hybridized carbons (Fsp3) is 0.909. The van der Waals surface area contributed by atoms with Gasteiger partial charge in [-0.3, -0.25) is 14.2 Å². The molecule has 0 amide bonds. The van der Waals surface area contributed by atoms with Crippen LogP contribution in [0.3, 0.4) is 0 Å². The average Bonchev–Trinajstić information content (AvgIpc) is 2.38. The summed E-state index contributed by atoms with van der Waals surface area (Å²) in [5.74, 6) is -0.702. The summed E-state index contributed by atoms with van der Waals surface area (Å²) in [4.78, 5) is 15.8. The molecule has 9 heteroatoms. The van der Waals surface area contributed by atoms with E-state index in [9.17, 15) is 13.2 Å². The molecule has 1 rings (SSSR count). The topological polar surface area (TPSA) is 99.2 Å². The number of rotatable bonds is 8. The lowest BCUT2D eigenvalue weighted by Crippen LogP contribution is -2.47. The number of nitrogens with zero attached hydrogens (tertiary/aromatic N) is 2. The van der Waals surface area contributed by atoms with E-state index in [4.69, 9.17) is 9.29 Å². The minimum atomic E-state index is -4.34. The molecule has 1 aliphatic rings. The molecular formula is C11H23N3O5S. The summed E-state index contributed by atoms with van der Waals surface area (Å²) < 4.78 is 35.7. The van der Waals surface area contributed by atoms with Crippen molar-refractivity contribution in [3.63, 3.8) is 0 Å². The summed E-state index contributed by atoms with van der Waals surface area (Å²) in [6.45, 7) is 7.51. The Balaban J connectivity index is 2.08. The van der Waals surface area contributed by atoms with Crippen molar-refractivity contribution < 1.29 is 22.5 Å². The van der Waals surface area contributed by atoms with Crippen molar-refractivity contribution in [2.24, 2.45) is 0 Å². The maximum atomic E-state index is 11.2. The molecule has 0 unspecified atom stereocenters. The minimum absolute atomic E-state index is 0.222. The molecule has 0 aromatic heterocycles. The predicted molar refractivity (Wildman–Crippen MR) is 73.7 cm³/mol. The number of hydrogen-bond acceptors (Lipinski definition) is 6. The van der Waals surface area contributed by atoms with Crippen molar-refractivity contribution >= 4 is 16.3 Å². The number of carbonyl (C=O) groups is 1. The van der Waals surface area contributed by atoms with Crippen LogP contribution in [0.1, 0.15) is 13.3 Å². The first-order chi connectivity index (χ1) is 9.40. The summed E-state index contributed by atoms with van der Waals surface area (Å²) in [7, 11) is -4.34. The van der Waals surface area contributed by atoms with Crippen LogP contribution in [0.4, 0.5) is 0 Å². The first-order valence-corrected chi connectivity index (χ1v) is 8.17. The van der Waals surface area contributed by atoms with Gasteiger partial charge in [0.2, 0.25) is 0 Å². The molecule has 0 saturated carbocycles. The van der Waals surface area contributed by atoms with Crippen molar-refractivity contribution in [2.45, 2.75) is 13.3 Å². The summed E-state index contributed by atoms with van der Waals surface area (Å²) >= 11 is 0. The zero-order valence-electron chi connectivity index (χ0n) is 11.7. The molecule has 1 saturated heterocycles. The average molecular weight is 309 g/mol. The van der Waals surface area contributed by atoms with E-state index in [2.05, 4.69) is 16.7 Å². The van der Waals surface area contributed by atoms with Crippen LogP contribution < -0.4 is 4.72 Å². The van der Waals surface area contributed by atoms with Crippen LogP contribution in [-0.4, -0.2) is 81.2 Å². The van der Waals surface area contributed by atoms with Gasteiger partial charge in [-0.25, -0.2) is 0 Å². The van der Waals surface area contributed by atoms with Crippen LogP contribution in [0.15, 0.2) is 0 Å². The van der Waals surface area contributed by atoms with Crippen LogP contribution >= 0.6 is 0 Å². The second-order valence-corrected chi connectivity index (χ2v) is 5.94. The molecule has 8 nitrogen and oxygen atoms in total. The van der Waals surface area contributed by atoms with Crippen molar-refractivity contribution in [1.29, 1.82) is 0 Å². The van der Waals surface area contributed by atoms with Gasteiger partial charge in [0, 0.05) is 32.7 Å². The highest BCUT2D eigenvalue weighted by Crippen LogP contribution is 2.01. The molecule has 0 aliphatic carbocycles. The van der Waals surface area contributed by atoms with Gasteiger partial charge in [0.15, 0.2) is 0 Å². The Morgan fingerprint density at radius 3 is 2.25 bits per heavy atom. The van der Waals surface area contributed by atoms with Crippen molar-refractivity contribution in [1.82, 2.24) is 14.5 Å². The Hall–Kier alpha value is -0.740. The molecule has 0 radical (unpaired) electrons. The van der Waals surface area contributed by atoms with Gasteiger partial charge in [-0.05, 0) is 13.0 Å². The van der Waals surface area contributed by atoms with Gasteiger partial charge in [0.05, 0.1) is 0 Å². The van der Waals surface area contributed by atoms with E-state index >= 15 is 0 Å². The first-order valence-electron chi connectivity index (χ1n) is 6.73. The Labute approximate surface area is 119 Å². The monoisotopic (exact) mass is 309 g/mol. The van der Waals surface area contributed by atoms with E-state index in [-0.39, 0.29) is 6.61 Å². The molecule has 0 atom stereocenters. The SMILES string of the molecule is CCCN1CCN(CCOC(=O)CNS(=O)(=O)O)CC1. The third-order valence-electron chi connectivity index (χ3n) is 3.07. The van der Waals surface area contributed by atoms with Crippen LogP contribution in [0, 0.1) is 0 Å². The standard InChI is InChI=1S/C11H23N3O5S/c1-2-3-13-4-6-14(7-5-13)8-9-19-11(15)10-12-20(16,17)18/h12H,2-10H2,1H3,(H,16,17,18). The number of ether oxygens (including phenoxy) is 1. The lowest BCUT2D eigenvalue weighted by molar-refractivity contribution is -0.142. The molecule has 20 heavy (non-hydrogen) atoms. The van der Waals surface area contributed by atoms with E-state index in [0.717, 1.165) is 39.1 Å². The summed E-state index contributed by atoms with van der Waals surface area (Å²) in [6, 6.07) is 0. The molecule has 0 spiro atoms. The van der Waals surface area contributed by atoms with Gasteiger partial charge in [0.25, 0.3) is 0 Å². The van der Waals surface area contributed by atoms with E-state index in [1.54, 1.807) is 4.72 Å². The normalized spacial score (nSPS) is 18.1. The predicted octanol–water partition coefficient (Wildman–Crippen LogP) is -1.05.